The molecule has 1 aliphatic carbocycles. The summed E-state index contributed by atoms with van der Waals surface area (Å²) in [4.78, 5) is 25.7. The molecule has 3 aromatic rings. The van der Waals surface area contributed by atoms with Crippen LogP contribution < -0.4 is 5.32 Å². The Labute approximate surface area is 198 Å². The van der Waals surface area contributed by atoms with Crippen LogP contribution in [-0.4, -0.2) is 31.1 Å². The lowest BCUT2D eigenvalue weighted by molar-refractivity contribution is -0.145. The van der Waals surface area contributed by atoms with E-state index in [1.165, 1.54) is 11.3 Å². The van der Waals surface area contributed by atoms with Gasteiger partial charge in [0.1, 0.15) is 10.6 Å². The van der Waals surface area contributed by atoms with Crippen molar-refractivity contribution in [3.05, 3.63) is 52.9 Å². The number of aliphatic carboxylic acids is 1. The van der Waals surface area contributed by atoms with Gasteiger partial charge in [-0.3, -0.25) is 4.79 Å². The van der Waals surface area contributed by atoms with Crippen LogP contribution in [0.4, 0.5) is 11.6 Å². The molecule has 1 aromatic carbocycles. The number of nitrogens with one attached hydrogen (secondary N) is 1. The first-order chi connectivity index (χ1) is 15.5. The van der Waals surface area contributed by atoms with Crippen LogP contribution in [0.5, 0.6) is 0 Å². The smallest absolute Gasteiger partial charge is 0.306 e. The maximum atomic E-state index is 11.2. The number of carboxylic acids is 1. The van der Waals surface area contributed by atoms with Crippen molar-refractivity contribution in [3.63, 3.8) is 0 Å². The van der Waals surface area contributed by atoms with Gasteiger partial charge in [-0.25, -0.2) is 15.0 Å². The minimum absolute atomic E-state index is 0.0694. The molecule has 8 heteroatoms. The molecule has 33 heavy (non-hydrogen) atoms. The number of hydrogen-bond donors (Lipinski definition) is 3. The minimum Gasteiger partial charge on any atom is -0.481 e. The molecule has 1 saturated carbocycles. The number of aryl methyl sites for hydroxylation is 1. The lowest BCUT2D eigenvalue weighted by Crippen LogP contribution is -2.33. The van der Waals surface area contributed by atoms with E-state index in [0.29, 0.717) is 36.6 Å². The molecule has 0 unspecified atom stereocenters. The van der Waals surface area contributed by atoms with Crippen LogP contribution in [0.15, 0.2) is 36.7 Å². The largest absolute Gasteiger partial charge is 0.481 e. The Balaban J connectivity index is 1.56. The molecule has 7 nitrogen and oxygen atoms in total. The summed E-state index contributed by atoms with van der Waals surface area (Å²) in [5.41, 5.74) is 2.80. The van der Waals surface area contributed by atoms with Gasteiger partial charge >= 0.3 is 5.97 Å². The standard InChI is InChI=1S/C25H30N4O3S/c1-15-11-17(13-18(12-15)28-23-26-10-7-20(29-23)24(2,3)4)19-14-27-22(33-19)25(32)8-5-16(6-9-25)21(30)31/h7,10-14,16,32H,5-6,8-9H2,1-4H3,(H,30,31)(H,26,28,29). The summed E-state index contributed by atoms with van der Waals surface area (Å²) in [5.74, 6) is -0.615. The Kier molecular flexibility index (Phi) is 6.24. The van der Waals surface area contributed by atoms with Gasteiger partial charge in [0.15, 0.2) is 0 Å². The van der Waals surface area contributed by atoms with Crippen LogP contribution >= 0.6 is 11.3 Å². The van der Waals surface area contributed by atoms with Crippen molar-refractivity contribution in [1.82, 2.24) is 15.0 Å². The van der Waals surface area contributed by atoms with E-state index in [-0.39, 0.29) is 11.3 Å². The molecule has 3 N–H and O–H groups in total. The molecule has 4 rings (SSSR count). The summed E-state index contributed by atoms with van der Waals surface area (Å²) in [6.07, 6.45) is 5.32. The number of carboxylic acid groups (broad SMARTS) is 1. The molecule has 174 valence electrons. The highest BCUT2D eigenvalue weighted by Gasteiger charge is 2.39. The monoisotopic (exact) mass is 466 g/mol. The second kappa shape index (κ2) is 8.83. The number of benzene rings is 1. The summed E-state index contributed by atoms with van der Waals surface area (Å²) in [7, 11) is 0. The average Bonchev–Trinajstić information content (AvgIpc) is 3.25. The Morgan fingerprint density at radius 1 is 1.18 bits per heavy atom. The highest BCUT2D eigenvalue weighted by molar-refractivity contribution is 7.15. The zero-order valence-corrected chi connectivity index (χ0v) is 20.2. The molecule has 0 atom stereocenters. The van der Waals surface area contributed by atoms with E-state index >= 15 is 0 Å². The van der Waals surface area contributed by atoms with Crippen molar-refractivity contribution in [2.24, 2.45) is 5.92 Å². The summed E-state index contributed by atoms with van der Waals surface area (Å²) in [5, 5.41) is 24.3. The number of carbonyl (C=O) groups is 1. The van der Waals surface area contributed by atoms with Crippen molar-refractivity contribution in [2.75, 3.05) is 5.32 Å². The first kappa shape index (κ1) is 23.3. The number of anilines is 2. The SMILES string of the molecule is Cc1cc(Nc2nccc(C(C)(C)C)n2)cc(-c2cnc(C3(O)CCC(C(=O)O)CC3)s2)c1. The first-order valence-corrected chi connectivity index (χ1v) is 12.0. The van der Waals surface area contributed by atoms with Gasteiger partial charge < -0.3 is 15.5 Å². The number of thiazole rings is 1. The zero-order chi connectivity index (χ0) is 23.8. The molecule has 1 fully saturated rings. The molecule has 1 aliphatic rings. The Bertz CT molecular complexity index is 1160. The molecule has 2 heterocycles. The van der Waals surface area contributed by atoms with E-state index in [1.54, 1.807) is 12.4 Å². The number of hydrogen-bond acceptors (Lipinski definition) is 7. The molecule has 0 bridgehead atoms. The summed E-state index contributed by atoms with van der Waals surface area (Å²) >= 11 is 1.46. The number of nitrogens with zero attached hydrogens (tertiary/aromatic N) is 3. The zero-order valence-electron chi connectivity index (χ0n) is 19.4. The molecule has 0 saturated heterocycles. The van der Waals surface area contributed by atoms with E-state index in [2.05, 4.69) is 47.1 Å². The average molecular weight is 467 g/mol. The van der Waals surface area contributed by atoms with Crippen LogP contribution in [0.2, 0.25) is 0 Å². The van der Waals surface area contributed by atoms with Gasteiger partial charge in [-0.2, -0.15) is 0 Å². The van der Waals surface area contributed by atoms with E-state index in [9.17, 15) is 15.0 Å². The van der Waals surface area contributed by atoms with Gasteiger partial charge in [-0.15, -0.1) is 11.3 Å². The molecule has 2 aromatic heterocycles. The van der Waals surface area contributed by atoms with E-state index in [0.717, 1.165) is 27.4 Å². The maximum absolute atomic E-state index is 11.2. The van der Waals surface area contributed by atoms with Gasteiger partial charge in [0, 0.05) is 23.5 Å². The topological polar surface area (TPSA) is 108 Å². The Hall–Kier alpha value is -2.84. The fourth-order valence-electron chi connectivity index (χ4n) is 4.14. The third-order valence-corrected chi connectivity index (χ3v) is 7.35. The highest BCUT2D eigenvalue weighted by atomic mass is 32.1. The molecule has 0 amide bonds. The maximum Gasteiger partial charge on any atom is 0.306 e. The van der Waals surface area contributed by atoms with Crippen LogP contribution in [0.3, 0.4) is 0 Å². The van der Waals surface area contributed by atoms with Gasteiger partial charge in [0.25, 0.3) is 0 Å². The molecular weight excluding hydrogens is 436 g/mol. The Morgan fingerprint density at radius 2 is 1.91 bits per heavy atom. The van der Waals surface area contributed by atoms with E-state index in [4.69, 9.17) is 0 Å². The van der Waals surface area contributed by atoms with Crippen LogP contribution in [-0.2, 0) is 15.8 Å². The summed E-state index contributed by atoms with van der Waals surface area (Å²) in [6.45, 7) is 8.39. The minimum atomic E-state index is -1.05. The molecule has 0 spiro atoms. The number of aliphatic hydroxyl groups is 1. The van der Waals surface area contributed by atoms with Crippen LogP contribution in [0.25, 0.3) is 10.4 Å². The van der Waals surface area contributed by atoms with Crippen molar-refractivity contribution in [2.45, 2.75) is 64.4 Å². The molecular formula is C25H30N4O3S. The van der Waals surface area contributed by atoms with Crippen LogP contribution in [0, 0.1) is 12.8 Å². The van der Waals surface area contributed by atoms with E-state index in [1.807, 2.05) is 25.1 Å². The lowest BCUT2D eigenvalue weighted by Gasteiger charge is -2.32. The van der Waals surface area contributed by atoms with Crippen molar-refractivity contribution in [1.29, 1.82) is 0 Å². The third-order valence-electron chi connectivity index (χ3n) is 6.11. The second-order valence-electron chi connectivity index (χ2n) is 9.90. The van der Waals surface area contributed by atoms with Crippen molar-refractivity contribution in [3.8, 4) is 10.4 Å². The third kappa shape index (κ3) is 5.23. The first-order valence-electron chi connectivity index (χ1n) is 11.2. The normalized spacial score (nSPS) is 21.1. The van der Waals surface area contributed by atoms with Crippen molar-refractivity contribution < 1.29 is 15.0 Å². The second-order valence-corrected chi connectivity index (χ2v) is 10.9. The van der Waals surface area contributed by atoms with Gasteiger partial charge in [0.2, 0.25) is 5.95 Å². The number of aromatic nitrogens is 3. The summed E-state index contributed by atoms with van der Waals surface area (Å²) in [6, 6.07) is 8.09. The predicted molar refractivity (Wildman–Crippen MR) is 130 cm³/mol. The predicted octanol–water partition coefficient (Wildman–Crippen LogP) is 5.41. The van der Waals surface area contributed by atoms with Gasteiger partial charge in [-0.1, -0.05) is 26.8 Å². The highest BCUT2D eigenvalue weighted by Crippen LogP contribution is 2.43. The van der Waals surface area contributed by atoms with Gasteiger partial charge in [-0.05, 0) is 61.9 Å². The Morgan fingerprint density at radius 3 is 2.58 bits per heavy atom. The summed E-state index contributed by atoms with van der Waals surface area (Å²) < 4.78 is 0. The van der Waals surface area contributed by atoms with Gasteiger partial charge in [0.05, 0.1) is 16.5 Å². The van der Waals surface area contributed by atoms with Crippen molar-refractivity contribution >= 4 is 28.9 Å². The van der Waals surface area contributed by atoms with E-state index < -0.39 is 11.6 Å². The fourth-order valence-corrected chi connectivity index (χ4v) is 5.19. The molecule has 0 radical (unpaired) electrons. The molecule has 0 aliphatic heterocycles. The lowest BCUT2D eigenvalue weighted by atomic mass is 9.79. The quantitative estimate of drug-likeness (QED) is 0.461. The number of rotatable bonds is 5. The fraction of sp³-hybridized carbons (Fsp3) is 0.440. The van der Waals surface area contributed by atoms with Crippen LogP contribution in [0.1, 0.15) is 62.7 Å².